The summed E-state index contributed by atoms with van der Waals surface area (Å²) in [6.07, 6.45) is 2.68. The van der Waals surface area contributed by atoms with Crippen molar-refractivity contribution in [3.63, 3.8) is 0 Å². The van der Waals surface area contributed by atoms with Gasteiger partial charge in [0.25, 0.3) is 0 Å². The van der Waals surface area contributed by atoms with Crippen molar-refractivity contribution in [3.8, 4) is 0 Å². The van der Waals surface area contributed by atoms with Gasteiger partial charge in [-0.3, -0.25) is 4.40 Å². The van der Waals surface area contributed by atoms with Gasteiger partial charge in [0.15, 0.2) is 0 Å². The van der Waals surface area contributed by atoms with Gasteiger partial charge < -0.3 is 10.6 Å². The van der Waals surface area contributed by atoms with Gasteiger partial charge in [0.05, 0.1) is 11.7 Å². The Balaban J connectivity index is 2.58. The van der Waals surface area contributed by atoms with Crippen molar-refractivity contribution in [2.45, 2.75) is 19.4 Å². The van der Waals surface area contributed by atoms with Crippen LogP contribution in [0.5, 0.6) is 0 Å². The third-order valence-corrected chi connectivity index (χ3v) is 2.57. The van der Waals surface area contributed by atoms with E-state index in [1.54, 1.807) is 0 Å². The molecule has 0 aliphatic rings. The van der Waals surface area contributed by atoms with Crippen LogP contribution in [-0.2, 0) is 6.42 Å². The summed E-state index contributed by atoms with van der Waals surface area (Å²) in [5.74, 6) is 2.15. The molecule has 2 N–H and O–H groups in total. The van der Waals surface area contributed by atoms with Crippen molar-refractivity contribution < 1.29 is 0 Å². The molecule has 0 spiro atoms. The lowest BCUT2D eigenvalue weighted by atomic mass is 10.2. The van der Waals surface area contributed by atoms with E-state index in [1.807, 2.05) is 33.3 Å². The van der Waals surface area contributed by atoms with Crippen LogP contribution in [0, 0.1) is 0 Å². The molecule has 4 heteroatoms. The fourth-order valence-corrected chi connectivity index (χ4v) is 1.88. The zero-order valence-electron chi connectivity index (χ0n) is 10.0. The van der Waals surface area contributed by atoms with Crippen molar-refractivity contribution in [1.29, 1.82) is 0 Å². The molecule has 4 nitrogen and oxygen atoms in total. The Kier molecular flexibility index (Phi) is 2.83. The molecular weight excluding hydrogens is 200 g/mol. The fourth-order valence-electron chi connectivity index (χ4n) is 1.88. The highest BCUT2D eigenvalue weighted by Crippen LogP contribution is 2.18. The summed E-state index contributed by atoms with van der Waals surface area (Å²) in [7, 11) is 4.06. The number of nitrogens with zero attached hydrogens (tertiary/aromatic N) is 3. The number of imidazole rings is 1. The second-order valence-corrected chi connectivity index (χ2v) is 4.39. The minimum atomic E-state index is 0.126. The van der Waals surface area contributed by atoms with E-state index in [9.17, 15) is 0 Å². The van der Waals surface area contributed by atoms with Crippen LogP contribution < -0.4 is 10.6 Å². The molecule has 0 fully saturated rings. The molecule has 0 saturated carbocycles. The first-order valence-electron chi connectivity index (χ1n) is 5.48. The number of hydrogen-bond acceptors (Lipinski definition) is 3. The van der Waals surface area contributed by atoms with Gasteiger partial charge in [-0.25, -0.2) is 4.98 Å². The zero-order chi connectivity index (χ0) is 11.7. The lowest BCUT2D eigenvalue weighted by molar-refractivity contribution is 0.699. The highest BCUT2D eigenvalue weighted by molar-refractivity contribution is 5.55. The lowest BCUT2D eigenvalue weighted by Gasteiger charge is -2.16. The number of fused-ring (bicyclic) bond motifs is 1. The van der Waals surface area contributed by atoms with Gasteiger partial charge in [0, 0.05) is 26.6 Å². The molecule has 2 heterocycles. The SMILES string of the molecule is CC(N)Cc1ncc2cccc(N(C)C)n12. The van der Waals surface area contributed by atoms with Gasteiger partial charge in [0.2, 0.25) is 0 Å². The Morgan fingerprint density at radius 1 is 1.44 bits per heavy atom. The zero-order valence-corrected chi connectivity index (χ0v) is 10.0. The molecule has 1 atom stereocenters. The lowest BCUT2D eigenvalue weighted by Crippen LogP contribution is -2.21. The predicted octanol–water partition coefficient (Wildman–Crippen LogP) is 1.29. The average molecular weight is 218 g/mol. The molecule has 0 aliphatic heterocycles. The standard InChI is InChI=1S/C12H18N4/c1-9(13)7-11-14-8-10-5-4-6-12(15(2)3)16(10)11/h4-6,8-9H,7,13H2,1-3H3. The van der Waals surface area contributed by atoms with Crippen LogP contribution in [0.3, 0.4) is 0 Å². The van der Waals surface area contributed by atoms with Crippen molar-refractivity contribution in [1.82, 2.24) is 9.38 Å². The summed E-state index contributed by atoms with van der Waals surface area (Å²) in [4.78, 5) is 6.52. The molecule has 0 saturated heterocycles. The normalized spacial score (nSPS) is 13.0. The molecule has 16 heavy (non-hydrogen) atoms. The third-order valence-electron chi connectivity index (χ3n) is 2.57. The van der Waals surface area contributed by atoms with Gasteiger partial charge in [0.1, 0.15) is 11.6 Å². The van der Waals surface area contributed by atoms with E-state index in [-0.39, 0.29) is 6.04 Å². The van der Waals surface area contributed by atoms with Crippen LogP contribution in [0.15, 0.2) is 24.4 Å². The number of hydrogen-bond donors (Lipinski definition) is 1. The van der Waals surface area contributed by atoms with Crippen LogP contribution in [0.1, 0.15) is 12.7 Å². The van der Waals surface area contributed by atoms with E-state index in [0.717, 1.165) is 23.6 Å². The Bertz CT molecular complexity index is 485. The maximum Gasteiger partial charge on any atom is 0.116 e. The van der Waals surface area contributed by atoms with Crippen molar-refractivity contribution >= 4 is 11.3 Å². The quantitative estimate of drug-likeness (QED) is 0.844. The number of aromatic nitrogens is 2. The Morgan fingerprint density at radius 2 is 2.19 bits per heavy atom. The smallest absolute Gasteiger partial charge is 0.116 e. The van der Waals surface area contributed by atoms with Gasteiger partial charge in [-0.15, -0.1) is 0 Å². The molecule has 0 aliphatic carbocycles. The van der Waals surface area contributed by atoms with Gasteiger partial charge in [-0.05, 0) is 19.1 Å². The maximum absolute atomic E-state index is 5.83. The van der Waals surface area contributed by atoms with Crippen molar-refractivity contribution in [3.05, 3.63) is 30.2 Å². The number of nitrogens with two attached hydrogens (primary N) is 1. The summed E-state index contributed by atoms with van der Waals surface area (Å²) in [5, 5.41) is 0. The number of pyridine rings is 1. The molecule has 0 bridgehead atoms. The molecule has 0 aromatic carbocycles. The molecule has 1 unspecified atom stereocenters. The second-order valence-electron chi connectivity index (χ2n) is 4.39. The Hall–Kier alpha value is -1.55. The van der Waals surface area contributed by atoms with Gasteiger partial charge >= 0.3 is 0 Å². The fraction of sp³-hybridized carbons (Fsp3) is 0.417. The van der Waals surface area contributed by atoms with Crippen molar-refractivity contribution in [2.24, 2.45) is 5.73 Å². The number of anilines is 1. The van der Waals surface area contributed by atoms with Crippen LogP contribution in [0.2, 0.25) is 0 Å². The first kappa shape index (κ1) is 11.0. The van der Waals surface area contributed by atoms with E-state index in [2.05, 4.69) is 26.4 Å². The second kappa shape index (κ2) is 4.14. The van der Waals surface area contributed by atoms with E-state index >= 15 is 0 Å². The summed E-state index contributed by atoms with van der Waals surface area (Å²) in [5.41, 5.74) is 6.95. The summed E-state index contributed by atoms with van der Waals surface area (Å²) in [6, 6.07) is 6.31. The molecule has 0 radical (unpaired) electrons. The third kappa shape index (κ3) is 1.88. The molecule has 0 amide bonds. The summed E-state index contributed by atoms with van der Waals surface area (Å²) < 4.78 is 2.16. The van der Waals surface area contributed by atoms with Crippen LogP contribution in [0.25, 0.3) is 5.52 Å². The van der Waals surface area contributed by atoms with Gasteiger partial charge in [-0.2, -0.15) is 0 Å². The Labute approximate surface area is 95.7 Å². The van der Waals surface area contributed by atoms with Gasteiger partial charge in [-0.1, -0.05) is 6.07 Å². The molecule has 86 valence electrons. The maximum atomic E-state index is 5.83. The first-order valence-corrected chi connectivity index (χ1v) is 5.48. The largest absolute Gasteiger partial charge is 0.364 e. The van der Waals surface area contributed by atoms with E-state index in [1.165, 1.54) is 0 Å². The van der Waals surface area contributed by atoms with Crippen LogP contribution in [-0.4, -0.2) is 29.5 Å². The first-order chi connectivity index (χ1) is 7.59. The highest BCUT2D eigenvalue weighted by Gasteiger charge is 2.10. The highest BCUT2D eigenvalue weighted by atomic mass is 15.2. The molecule has 2 aromatic rings. The topological polar surface area (TPSA) is 46.6 Å². The molecule has 2 rings (SSSR count). The summed E-state index contributed by atoms with van der Waals surface area (Å²) in [6.45, 7) is 2.00. The Morgan fingerprint density at radius 3 is 2.81 bits per heavy atom. The van der Waals surface area contributed by atoms with E-state index in [4.69, 9.17) is 5.73 Å². The predicted molar refractivity (Wildman–Crippen MR) is 66.9 cm³/mol. The number of rotatable bonds is 3. The van der Waals surface area contributed by atoms with Crippen LogP contribution in [0.4, 0.5) is 5.82 Å². The van der Waals surface area contributed by atoms with Crippen LogP contribution >= 0.6 is 0 Å². The molecular formula is C12H18N4. The monoisotopic (exact) mass is 218 g/mol. The van der Waals surface area contributed by atoms with E-state index < -0.39 is 0 Å². The van der Waals surface area contributed by atoms with Crippen molar-refractivity contribution in [2.75, 3.05) is 19.0 Å². The summed E-state index contributed by atoms with van der Waals surface area (Å²) >= 11 is 0. The minimum Gasteiger partial charge on any atom is -0.364 e. The minimum absolute atomic E-state index is 0.126. The molecule has 2 aromatic heterocycles. The van der Waals surface area contributed by atoms with E-state index in [0.29, 0.717) is 0 Å². The average Bonchev–Trinajstić information content (AvgIpc) is 2.60.